The van der Waals surface area contributed by atoms with E-state index in [0.29, 0.717) is 0 Å². The number of aromatic nitrogens is 1. The first-order valence-electron chi connectivity index (χ1n) is 5.30. The van der Waals surface area contributed by atoms with E-state index in [0.717, 1.165) is 6.07 Å². The van der Waals surface area contributed by atoms with Crippen LogP contribution in [0, 0.1) is 5.82 Å². The van der Waals surface area contributed by atoms with Gasteiger partial charge in [0, 0.05) is 12.1 Å². The van der Waals surface area contributed by atoms with Crippen LogP contribution in [0.25, 0.3) is 11.3 Å². The molecule has 0 aliphatic rings. The van der Waals surface area contributed by atoms with E-state index in [9.17, 15) is 9.18 Å². The summed E-state index contributed by atoms with van der Waals surface area (Å²) in [5.41, 5.74) is 0.324. The molecule has 0 unspecified atom stereocenters. The number of carboxylic acid groups (broad SMARTS) is 1. The van der Waals surface area contributed by atoms with E-state index in [1.165, 1.54) is 20.3 Å². The van der Waals surface area contributed by atoms with E-state index < -0.39 is 11.8 Å². The van der Waals surface area contributed by atoms with Gasteiger partial charge in [-0.25, -0.2) is 9.18 Å². The average Bonchev–Trinajstić information content (AvgIpc) is 2.90. The van der Waals surface area contributed by atoms with Crippen LogP contribution in [0.5, 0.6) is 11.5 Å². The summed E-state index contributed by atoms with van der Waals surface area (Å²) >= 11 is 3.08. The van der Waals surface area contributed by atoms with Crippen molar-refractivity contribution in [2.75, 3.05) is 14.2 Å². The minimum Gasteiger partial charge on any atom is -0.493 e. The van der Waals surface area contributed by atoms with Crippen molar-refractivity contribution in [2.24, 2.45) is 0 Å². The predicted molar refractivity (Wildman–Crippen MR) is 69.7 cm³/mol. The van der Waals surface area contributed by atoms with Crippen LogP contribution >= 0.6 is 15.9 Å². The Balaban J connectivity index is 2.70. The summed E-state index contributed by atoms with van der Waals surface area (Å²) in [6.45, 7) is 0. The Hall–Kier alpha value is -2.09. The molecule has 20 heavy (non-hydrogen) atoms. The molecule has 0 bridgehead atoms. The van der Waals surface area contributed by atoms with Crippen LogP contribution in [0.2, 0.25) is 0 Å². The molecule has 0 amide bonds. The van der Waals surface area contributed by atoms with Gasteiger partial charge in [0.2, 0.25) is 5.76 Å². The lowest BCUT2D eigenvalue weighted by molar-refractivity contribution is 0.0652. The van der Waals surface area contributed by atoms with Crippen molar-refractivity contribution in [1.82, 2.24) is 5.16 Å². The van der Waals surface area contributed by atoms with Crippen LogP contribution in [0.15, 0.2) is 21.1 Å². The van der Waals surface area contributed by atoms with Gasteiger partial charge in [-0.1, -0.05) is 5.16 Å². The van der Waals surface area contributed by atoms with E-state index in [1.54, 1.807) is 0 Å². The third-order valence-corrected chi connectivity index (χ3v) is 3.31. The maximum Gasteiger partial charge on any atom is 0.374 e. The maximum absolute atomic E-state index is 13.8. The highest BCUT2D eigenvalue weighted by Gasteiger charge is 2.23. The average molecular weight is 346 g/mol. The zero-order valence-corrected chi connectivity index (χ0v) is 12.0. The molecule has 0 fully saturated rings. The lowest BCUT2D eigenvalue weighted by Gasteiger charge is -2.13. The number of hydrogen-bond donors (Lipinski definition) is 1. The smallest absolute Gasteiger partial charge is 0.374 e. The number of hydrogen-bond acceptors (Lipinski definition) is 5. The molecule has 0 atom stereocenters. The van der Waals surface area contributed by atoms with Crippen molar-refractivity contribution in [3.63, 3.8) is 0 Å². The Bertz CT molecular complexity index is 670. The third kappa shape index (κ3) is 2.34. The number of halogens is 2. The number of aromatic carboxylic acids is 1. The molecule has 8 heteroatoms. The lowest BCUT2D eigenvalue weighted by Crippen LogP contribution is -1.97. The van der Waals surface area contributed by atoms with E-state index in [-0.39, 0.29) is 33.0 Å². The minimum atomic E-state index is -1.28. The van der Waals surface area contributed by atoms with Gasteiger partial charge in [0.25, 0.3) is 0 Å². The molecule has 0 saturated heterocycles. The fourth-order valence-corrected chi connectivity index (χ4v) is 2.16. The molecule has 0 aliphatic heterocycles. The number of rotatable bonds is 4. The Morgan fingerprint density at radius 3 is 2.60 bits per heavy atom. The second-order valence-electron chi connectivity index (χ2n) is 3.66. The van der Waals surface area contributed by atoms with Gasteiger partial charge in [-0.3, -0.25) is 0 Å². The number of benzene rings is 1. The number of carbonyl (C=O) groups is 1. The highest BCUT2D eigenvalue weighted by atomic mass is 79.9. The van der Waals surface area contributed by atoms with Crippen molar-refractivity contribution in [2.45, 2.75) is 0 Å². The normalized spacial score (nSPS) is 10.4. The summed E-state index contributed by atoms with van der Waals surface area (Å²) in [4.78, 5) is 10.8. The number of methoxy groups -OCH3 is 2. The molecule has 1 aromatic carbocycles. The molecule has 106 valence electrons. The largest absolute Gasteiger partial charge is 0.493 e. The second-order valence-corrected chi connectivity index (χ2v) is 4.46. The zero-order valence-electron chi connectivity index (χ0n) is 10.4. The molecule has 6 nitrogen and oxygen atoms in total. The first-order valence-corrected chi connectivity index (χ1v) is 6.09. The first kappa shape index (κ1) is 14.3. The molecule has 1 aromatic heterocycles. The van der Waals surface area contributed by atoms with E-state index >= 15 is 0 Å². The summed E-state index contributed by atoms with van der Waals surface area (Å²) < 4.78 is 28.8. The standard InChI is InChI=1S/C12H9BrFNO5/c1-18-7-3-5(14)10(13)9(11(7)19-2)6-4-8(12(16)17)20-15-6/h3-4H,1-2H3,(H,16,17). The molecule has 2 aromatic rings. The molecule has 0 aliphatic carbocycles. The van der Waals surface area contributed by atoms with Crippen molar-refractivity contribution in [1.29, 1.82) is 0 Å². The van der Waals surface area contributed by atoms with E-state index in [1.807, 2.05) is 0 Å². The van der Waals surface area contributed by atoms with Gasteiger partial charge in [-0.05, 0) is 15.9 Å². The summed E-state index contributed by atoms with van der Waals surface area (Å²) in [7, 11) is 2.74. The lowest BCUT2D eigenvalue weighted by atomic mass is 10.1. The van der Waals surface area contributed by atoms with Gasteiger partial charge in [0.1, 0.15) is 11.5 Å². The Labute approximate surface area is 121 Å². The van der Waals surface area contributed by atoms with Gasteiger partial charge in [-0.2, -0.15) is 0 Å². The van der Waals surface area contributed by atoms with Crippen LogP contribution < -0.4 is 9.47 Å². The topological polar surface area (TPSA) is 81.8 Å². The number of nitrogens with zero attached hydrogens (tertiary/aromatic N) is 1. The highest BCUT2D eigenvalue weighted by Crippen LogP contribution is 2.44. The molecule has 0 saturated carbocycles. The van der Waals surface area contributed by atoms with E-state index in [2.05, 4.69) is 25.6 Å². The quantitative estimate of drug-likeness (QED) is 0.917. The molecule has 2 rings (SSSR count). The van der Waals surface area contributed by atoms with Gasteiger partial charge < -0.3 is 19.1 Å². The zero-order chi connectivity index (χ0) is 14.9. The molecule has 1 N–H and O–H groups in total. The monoisotopic (exact) mass is 345 g/mol. The molecule has 0 spiro atoms. The highest BCUT2D eigenvalue weighted by molar-refractivity contribution is 9.10. The SMILES string of the molecule is COc1cc(F)c(Br)c(-c2cc(C(=O)O)on2)c1OC. The van der Waals surface area contributed by atoms with Gasteiger partial charge >= 0.3 is 5.97 Å². The molecular weight excluding hydrogens is 337 g/mol. The minimum absolute atomic E-state index is 0.0698. The van der Waals surface area contributed by atoms with Crippen LogP contribution in [-0.4, -0.2) is 30.5 Å². The van der Waals surface area contributed by atoms with E-state index in [4.69, 9.17) is 14.6 Å². The Morgan fingerprint density at radius 1 is 1.40 bits per heavy atom. The number of ether oxygens (including phenoxy) is 2. The molecule has 0 radical (unpaired) electrons. The van der Waals surface area contributed by atoms with Crippen molar-refractivity contribution >= 4 is 21.9 Å². The summed E-state index contributed by atoms with van der Waals surface area (Å²) in [6.07, 6.45) is 0. The van der Waals surface area contributed by atoms with Crippen molar-refractivity contribution < 1.29 is 28.3 Å². The van der Waals surface area contributed by atoms with Crippen LogP contribution in [0.3, 0.4) is 0 Å². The Morgan fingerprint density at radius 2 is 2.10 bits per heavy atom. The summed E-state index contributed by atoms with van der Waals surface area (Å²) in [5.74, 6) is -1.87. The van der Waals surface area contributed by atoms with Crippen molar-refractivity contribution in [3.05, 3.63) is 28.2 Å². The van der Waals surface area contributed by atoms with Crippen molar-refractivity contribution in [3.8, 4) is 22.8 Å². The van der Waals surface area contributed by atoms with Gasteiger partial charge in [0.05, 0.1) is 24.3 Å². The Kier molecular flexibility index (Phi) is 3.93. The van der Waals surface area contributed by atoms with Crippen LogP contribution in [-0.2, 0) is 0 Å². The summed E-state index contributed by atoms with van der Waals surface area (Å²) in [6, 6.07) is 2.31. The second kappa shape index (κ2) is 5.49. The third-order valence-electron chi connectivity index (χ3n) is 2.54. The predicted octanol–water partition coefficient (Wildman–Crippen LogP) is 2.96. The summed E-state index contributed by atoms with van der Waals surface area (Å²) in [5, 5.41) is 12.4. The maximum atomic E-state index is 13.8. The fourth-order valence-electron chi connectivity index (χ4n) is 1.66. The first-order chi connectivity index (χ1) is 9.49. The van der Waals surface area contributed by atoms with Gasteiger partial charge in [-0.15, -0.1) is 0 Å². The fraction of sp³-hybridized carbons (Fsp3) is 0.167. The molecule has 1 heterocycles. The number of carboxylic acids is 1. The van der Waals surface area contributed by atoms with Gasteiger partial charge in [0.15, 0.2) is 11.5 Å². The van der Waals surface area contributed by atoms with Crippen LogP contribution in [0.4, 0.5) is 4.39 Å². The molecular formula is C12H9BrFNO5. The van der Waals surface area contributed by atoms with Crippen LogP contribution in [0.1, 0.15) is 10.6 Å².